The van der Waals surface area contributed by atoms with Gasteiger partial charge in [-0.25, -0.2) is 0 Å². The minimum absolute atomic E-state index is 0.0372. The maximum Gasteiger partial charge on any atom is 0.253 e. The van der Waals surface area contributed by atoms with Crippen LogP contribution < -0.4 is 10.6 Å². The fourth-order valence-electron chi connectivity index (χ4n) is 3.49. The van der Waals surface area contributed by atoms with E-state index in [2.05, 4.69) is 10.6 Å². The van der Waals surface area contributed by atoms with E-state index < -0.39 is 6.04 Å². The van der Waals surface area contributed by atoms with E-state index in [9.17, 15) is 14.4 Å². The minimum Gasteiger partial charge on any atom is -0.354 e. The zero-order chi connectivity index (χ0) is 21.6. The van der Waals surface area contributed by atoms with Crippen molar-refractivity contribution < 1.29 is 14.4 Å². The molecule has 160 valence electrons. The van der Waals surface area contributed by atoms with Crippen LogP contribution in [0, 0.1) is 17.8 Å². The van der Waals surface area contributed by atoms with Crippen LogP contribution in [0.2, 0.25) is 5.02 Å². The van der Waals surface area contributed by atoms with Crippen LogP contribution in [0.3, 0.4) is 0 Å². The van der Waals surface area contributed by atoms with Gasteiger partial charge in [-0.1, -0.05) is 51.4 Å². The molecule has 2 N–H and O–H groups in total. The van der Waals surface area contributed by atoms with Crippen LogP contribution in [-0.4, -0.2) is 48.3 Å². The number of hydrogen-bond donors (Lipinski definition) is 2. The Morgan fingerprint density at radius 3 is 2.28 bits per heavy atom. The molecule has 1 aliphatic heterocycles. The third-order valence-corrected chi connectivity index (χ3v) is 5.52. The molecule has 0 bridgehead atoms. The number of piperidine rings is 1. The van der Waals surface area contributed by atoms with Gasteiger partial charge >= 0.3 is 0 Å². The molecule has 0 spiro atoms. The van der Waals surface area contributed by atoms with Crippen molar-refractivity contribution in [3.05, 3.63) is 34.9 Å². The van der Waals surface area contributed by atoms with Gasteiger partial charge in [0.25, 0.3) is 5.91 Å². The average Bonchev–Trinajstić information content (AvgIpc) is 2.70. The van der Waals surface area contributed by atoms with Gasteiger partial charge < -0.3 is 15.5 Å². The molecule has 1 aromatic rings. The first kappa shape index (κ1) is 23.2. The van der Waals surface area contributed by atoms with E-state index in [1.54, 1.807) is 24.3 Å². The molecule has 1 aromatic carbocycles. The summed E-state index contributed by atoms with van der Waals surface area (Å²) in [5, 5.41) is 6.18. The highest BCUT2D eigenvalue weighted by Gasteiger charge is 2.34. The van der Waals surface area contributed by atoms with E-state index >= 15 is 0 Å². The standard InChI is InChI=1S/C22H32ClN3O3/c1-14(2)13-24-21(28)19(25-20(27)17-7-5-6-8-18(17)23)16-9-11-26(12-10-16)22(29)15(3)4/h5-8,14-16,19H,9-13H2,1-4H3,(H,24,28)(H,25,27). The van der Waals surface area contributed by atoms with Gasteiger partial charge in [0, 0.05) is 25.6 Å². The highest BCUT2D eigenvalue weighted by atomic mass is 35.5. The van der Waals surface area contributed by atoms with Crippen LogP contribution in [0.5, 0.6) is 0 Å². The maximum absolute atomic E-state index is 12.9. The number of carbonyl (C=O) groups excluding carboxylic acids is 3. The molecule has 7 heteroatoms. The summed E-state index contributed by atoms with van der Waals surface area (Å²) in [5.74, 6) is -0.191. The summed E-state index contributed by atoms with van der Waals surface area (Å²) in [4.78, 5) is 39.8. The van der Waals surface area contributed by atoms with Crippen molar-refractivity contribution in [1.82, 2.24) is 15.5 Å². The van der Waals surface area contributed by atoms with Gasteiger partial charge in [0.05, 0.1) is 10.6 Å². The Morgan fingerprint density at radius 1 is 1.10 bits per heavy atom. The highest BCUT2D eigenvalue weighted by molar-refractivity contribution is 6.33. The zero-order valence-corrected chi connectivity index (χ0v) is 18.5. The maximum atomic E-state index is 12.9. The molecule has 1 saturated heterocycles. The molecule has 1 unspecified atom stereocenters. The van der Waals surface area contributed by atoms with Crippen molar-refractivity contribution in [2.45, 2.75) is 46.6 Å². The third-order valence-electron chi connectivity index (χ3n) is 5.19. The fourth-order valence-corrected chi connectivity index (χ4v) is 3.72. The summed E-state index contributed by atoms with van der Waals surface area (Å²) in [6, 6.07) is 6.14. The van der Waals surface area contributed by atoms with Crippen LogP contribution in [-0.2, 0) is 9.59 Å². The van der Waals surface area contributed by atoms with Gasteiger partial charge in [0.15, 0.2) is 0 Å². The zero-order valence-electron chi connectivity index (χ0n) is 17.7. The van der Waals surface area contributed by atoms with Crippen molar-refractivity contribution in [2.24, 2.45) is 17.8 Å². The van der Waals surface area contributed by atoms with Crippen LogP contribution in [0.25, 0.3) is 0 Å². The predicted molar refractivity (Wildman–Crippen MR) is 115 cm³/mol. The Kier molecular flexibility index (Phi) is 8.50. The molecule has 1 aliphatic rings. The van der Waals surface area contributed by atoms with Gasteiger partial charge in [-0.2, -0.15) is 0 Å². The Morgan fingerprint density at radius 2 is 1.72 bits per heavy atom. The van der Waals surface area contributed by atoms with E-state index in [0.29, 0.717) is 49.0 Å². The molecule has 0 aromatic heterocycles. The summed E-state index contributed by atoms with van der Waals surface area (Å²) >= 11 is 6.15. The second-order valence-corrected chi connectivity index (χ2v) is 8.79. The Hall–Kier alpha value is -2.08. The molecule has 1 atom stereocenters. The molecule has 6 nitrogen and oxygen atoms in total. The summed E-state index contributed by atoms with van der Waals surface area (Å²) in [7, 11) is 0. The lowest BCUT2D eigenvalue weighted by Crippen LogP contribution is -2.54. The first-order valence-corrected chi connectivity index (χ1v) is 10.7. The normalized spacial score (nSPS) is 16.0. The lowest BCUT2D eigenvalue weighted by atomic mass is 9.88. The van der Waals surface area contributed by atoms with Crippen LogP contribution >= 0.6 is 11.6 Å². The van der Waals surface area contributed by atoms with E-state index in [4.69, 9.17) is 11.6 Å². The van der Waals surface area contributed by atoms with Crippen molar-refractivity contribution in [2.75, 3.05) is 19.6 Å². The van der Waals surface area contributed by atoms with Gasteiger partial charge in [-0.15, -0.1) is 0 Å². The lowest BCUT2D eigenvalue weighted by molar-refractivity contribution is -0.136. The number of amides is 3. The van der Waals surface area contributed by atoms with Gasteiger partial charge in [-0.05, 0) is 36.8 Å². The molecule has 1 fully saturated rings. The van der Waals surface area contributed by atoms with E-state index in [1.165, 1.54) is 0 Å². The summed E-state index contributed by atoms with van der Waals surface area (Å²) < 4.78 is 0. The summed E-state index contributed by atoms with van der Waals surface area (Å²) in [5.41, 5.74) is 0.350. The summed E-state index contributed by atoms with van der Waals surface area (Å²) in [6.07, 6.45) is 1.34. The fraction of sp³-hybridized carbons (Fsp3) is 0.591. The first-order valence-electron chi connectivity index (χ1n) is 10.3. The average molecular weight is 422 g/mol. The van der Waals surface area contributed by atoms with Crippen LogP contribution in [0.4, 0.5) is 0 Å². The number of rotatable bonds is 7. The van der Waals surface area contributed by atoms with E-state index in [-0.39, 0.29) is 29.6 Å². The van der Waals surface area contributed by atoms with Crippen molar-refractivity contribution in [3.63, 3.8) is 0 Å². The largest absolute Gasteiger partial charge is 0.354 e. The SMILES string of the molecule is CC(C)CNC(=O)C(NC(=O)c1ccccc1Cl)C1CCN(C(=O)C(C)C)CC1. The molecular formula is C22H32ClN3O3. The number of carbonyl (C=O) groups is 3. The smallest absolute Gasteiger partial charge is 0.253 e. The first-order chi connectivity index (χ1) is 13.7. The lowest BCUT2D eigenvalue weighted by Gasteiger charge is -2.36. The van der Waals surface area contributed by atoms with E-state index in [1.807, 2.05) is 32.6 Å². The molecule has 1 heterocycles. The van der Waals surface area contributed by atoms with Gasteiger partial charge in [0.2, 0.25) is 11.8 Å². The van der Waals surface area contributed by atoms with Gasteiger partial charge in [0.1, 0.15) is 6.04 Å². The topological polar surface area (TPSA) is 78.5 Å². The Labute approximate surface area is 178 Å². The molecule has 0 aliphatic carbocycles. The van der Waals surface area contributed by atoms with Crippen molar-refractivity contribution >= 4 is 29.3 Å². The quantitative estimate of drug-likeness (QED) is 0.710. The molecule has 0 saturated carbocycles. The molecular weight excluding hydrogens is 390 g/mol. The molecule has 3 amide bonds. The molecule has 29 heavy (non-hydrogen) atoms. The number of nitrogens with one attached hydrogen (secondary N) is 2. The van der Waals surface area contributed by atoms with Crippen molar-refractivity contribution in [1.29, 1.82) is 0 Å². The molecule has 2 rings (SSSR count). The van der Waals surface area contributed by atoms with Crippen LogP contribution in [0.15, 0.2) is 24.3 Å². The highest BCUT2D eigenvalue weighted by Crippen LogP contribution is 2.23. The third kappa shape index (κ3) is 6.46. The number of hydrogen-bond acceptors (Lipinski definition) is 3. The number of benzene rings is 1. The second kappa shape index (κ2) is 10.6. The second-order valence-electron chi connectivity index (χ2n) is 8.39. The minimum atomic E-state index is -0.658. The van der Waals surface area contributed by atoms with Crippen molar-refractivity contribution in [3.8, 4) is 0 Å². The molecule has 0 radical (unpaired) electrons. The van der Waals surface area contributed by atoms with Crippen LogP contribution in [0.1, 0.15) is 50.9 Å². The Bertz CT molecular complexity index is 728. The number of likely N-dealkylation sites (tertiary alicyclic amines) is 1. The predicted octanol–water partition coefficient (Wildman–Crippen LogP) is 3.11. The summed E-state index contributed by atoms with van der Waals surface area (Å²) in [6.45, 7) is 9.55. The monoisotopic (exact) mass is 421 g/mol. The number of halogens is 1. The van der Waals surface area contributed by atoms with E-state index in [0.717, 1.165) is 0 Å². The van der Waals surface area contributed by atoms with Gasteiger partial charge in [-0.3, -0.25) is 14.4 Å². The number of nitrogens with zero attached hydrogens (tertiary/aromatic N) is 1. The Balaban J connectivity index is 2.11.